The van der Waals surface area contributed by atoms with Crippen LogP contribution in [0.25, 0.3) is 0 Å². The van der Waals surface area contributed by atoms with Gasteiger partial charge >= 0.3 is 0 Å². The molecule has 1 aromatic carbocycles. The zero-order valence-electron chi connectivity index (χ0n) is 10.3. The Hall–Kier alpha value is -0.0900. The summed E-state index contributed by atoms with van der Waals surface area (Å²) in [7, 11) is -3.31. The predicted octanol–water partition coefficient (Wildman–Crippen LogP) is 3.12. The van der Waals surface area contributed by atoms with Gasteiger partial charge in [-0.05, 0) is 52.9 Å². The van der Waals surface area contributed by atoms with Gasteiger partial charge in [0.05, 0.1) is 9.92 Å². The van der Waals surface area contributed by atoms with Gasteiger partial charge in [-0.3, -0.25) is 5.73 Å². The molecule has 2 N–H and O–H groups in total. The maximum Gasteiger partial charge on any atom is 0.228 e. The molecule has 1 atom stereocenters. The molecule has 0 amide bonds. The van der Waals surface area contributed by atoms with E-state index in [0.717, 1.165) is 12.3 Å². The van der Waals surface area contributed by atoms with Gasteiger partial charge < -0.3 is 4.74 Å². The van der Waals surface area contributed by atoms with Crippen LogP contribution in [0.1, 0.15) is 0 Å². The molecule has 0 spiro atoms. The van der Waals surface area contributed by atoms with Crippen LogP contribution in [0.5, 0.6) is 5.75 Å². The minimum absolute atomic E-state index is 0. The smallest absolute Gasteiger partial charge is 0.228 e. The normalized spacial score (nSPS) is 14.7. The molecule has 4 nitrogen and oxygen atoms in total. The summed E-state index contributed by atoms with van der Waals surface area (Å²) in [6.07, 6.45) is 3.64. The summed E-state index contributed by atoms with van der Waals surface area (Å²) in [6.45, 7) is 0.0732. The zero-order valence-corrected chi connectivity index (χ0v) is 14.9. The van der Waals surface area contributed by atoms with Crippen LogP contribution in [-0.4, -0.2) is 25.1 Å². The predicted molar refractivity (Wildman–Crippen MR) is 88.5 cm³/mol. The van der Waals surface area contributed by atoms with Crippen molar-refractivity contribution >= 4 is 56.4 Å². The fourth-order valence-corrected chi connectivity index (χ4v) is 2.37. The van der Waals surface area contributed by atoms with Crippen LogP contribution < -0.4 is 10.5 Å². The standard InChI is InChI=1S/C11H12ClFINO3S.ClH/c1-19(16,17)8-3-4-10(9(12)7-8)18-6-2-5-11(13,14)15;/h2-5,7H,6,15H2,1H3;1H. The van der Waals surface area contributed by atoms with Crippen molar-refractivity contribution in [2.45, 2.75) is 8.69 Å². The summed E-state index contributed by atoms with van der Waals surface area (Å²) in [5.41, 5.74) is 5.10. The molecular formula is C11H13Cl2FINO3S. The number of hydrogen-bond donors (Lipinski definition) is 1. The Morgan fingerprint density at radius 3 is 2.60 bits per heavy atom. The zero-order chi connectivity index (χ0) is 14.7. The van der Waals surface area contributed by atoms with Crippen LogP contribution in [0.3, 0.4) is 0 Å². The number of hydrogen-bond acceptors (Lipinski definition) is 4. The van der Waals surface area contributed by atoms with Crippen molar-refractivity contribution in [3.63, 3.8) is 0 Å². The van der Waals surface area contributed by atoms with Crippen molar-refractivity contribution < 1.29 is 17.5 Å². The fourth-order valence-electron chi connectivity index (χ4n) is 1.17. The van der Waals surface area contributed by atoms with Crippen LogP contribution in [0.4, 0.5) is 4.39 Å². The summed E-state index contributed by atoms with van der Waals surface area (Å²) >= 11 is 7.32. The molecular weight excluding hydrogens is 443 g/mol. The highest BCUT2D eigenvalue weighted by Gasteiger charge is 2.12. The first-order valence-corrected chi connectivity index (χ1v) is 8.41. The maximum atomic E-state index is 12.9. The molecule has 0 aromatic heterocycles. The third-order valence-electron chi connectivity index (χ3n) is 2.01. The fraction of sp³-hybridized carbons (Fsp3) is 0.273. The van der Waals surface area contributed by atoms with Crippen LogP contribution >= 0.6 is 46.6 Å². The SMILES string of the molecule is CS(=O)(=O)c1ccc(OCC=CC(N)(F)I)c(Cl)c1.Cl. The van der Waals surface area contributed by atoms with Gasteiger partial charge in [0.25, 0.3) is 0 Å². The molecule has 1 unspecified atom stereocenters. The Labute approximate surface area is 142 Å². The molecule has 0 heterocycles. The third kappa shape index (κ3) is 7.07. The van der Waals surface area contributed by atoms with Gasteiger partial charge in [0.1, 0.15) is 12.4 Å². The summed E-state index contributed by atoms with van der Waals surface area (Å²) in [5, 5.41) is 0.171. The number of rotatable bonds is 5. The average Bonchev–Trinajstić information content (AvgIpc) is 2.23. The van der Waals surface area contributed by atoms with E-state index in [1.165, 1.54) is 46.9 Å². The van der Waals surface area contributed by atoms with E-state index in [1.807, 2.05) is 0 Å². The largest absolute Gasteiger partial charge is 0.488 e. The lowest BCUT2D eigenvalue weighted by molar-refractivity contribution is 0.355. The second-order valence-electron chi connectivity index (χ2n) is 3.75. The molecule has 0 bridgehead atoms. The lowest BCUT2D eigenvalue weighted by Gasteiger charge is -2.08. The molecule has 0 radical (unpaired) electrons. The molecule has 1 aromatic rings. The summed E-state index contributed by atoms with van der Waals surface area (Å²) in [6, 6.07) is 4.14. The minimum Gasteiger partial charge on any atom is -0.488 e. The Morgan fingerprint density at radius 1 is 1.55 bits per heavy atom. The van der Waals surface area contributed by atoms with E-state index in [9.17, 15) is 12.8 Å². The Balaban J connectivity index is 0.00000361. The van der Waals surface area contributed by atoms with Gasteiger partial charge in [-0.1, -0.05) is 11.6 Å². The molecule has 0 saturated carbocycles. The summed E-state index contributed by atoms with van der Waals surface area (Å²) < 4.78 is 38.8. The second kappa shape index (κ2) is 7.79. The van der Waals surface area contributed by atoms with E-state index in [4.69, 9.17) is 22.1 Å². The van der Waals surface area contributed by atoms with Crippen LogP contribution in [0.15, 0.2) is 35.2 Å². The molecule has 1 rings (SSSR count). The van der Waals surface area contributed by atoms with Crippen molar-refractivity contribution in [3.8, 4) is 5.75 Å². The van der Waals surface area contributed by atoms with Crippen molar-refractivity contribution in [2.75, 3.05) is 12.9 Å². The topological polar surface area (TPSA) is 69.4 Å². The van der Waals surface area contributed by atoms with E-state index in [2.05, 4.69) is 0 Å². The summed E-state index contributed by atoms with van der Waals surface area (Å²) in [4.78, 5) is 0.109. The Bertz CT molecular complexity index is 588. The Kier molecular flexibility index (Phi) is 7.75. The number of nitrogens with two attached hydrogens (primary N) is 1. The molecule has 114 valence electrons. The van der Waals surface area contributed by atoms with Gasteiger partial charge in [0, 0.05) is 6.26 Å². The molecule has 0 aliphatic carbocycles. The third-order valence-corrected chi connectivity index (χ3v) is 3.77. The van der Waals surface area contributed by atoms with Crippen LogP contribution in [-0.2, 0) is 9.84 Å². The average molecular weight is 456 g/mol. The molecule has 0 aliphatic rings. The Morgan fingerprint density at radius 2 is 2.15 bits per heavy atom. The summed E-state index contributed by atoms with van der Waals surface area (Å²) in [5.74, 6) is 0.314. The van der Waals surface area contributed by atoms with Crippen molar-refractivity contribution in [1.29, 1.82) is 0 Å². The van der Waals surface area contributed by atoms with E-state index < -0.39 is 13.6 Å². The highest BCUT2D eigenvalue weighted by Crippen LogP contribution is 2.27. The monoisotopic (exact) mass is 455 g/mol. The number of halogens is 4. The minimum atomic E-state index is -3.31. The second-order valence-corrected chi connectivity index (χ2v) is 7.83. The van der Waals surface area contributed by atoms with Gasteiger partial charge in [-0.2, -0.15) is 0 Å². The van der Waals surface area contributed by atoms with Gasteiger partial charge in [0.2, 0.25) is 3.80 Å². The molecule has 0 saturated heterocycles. The van der Waals surface area contributed by atoms with Gasteiger partial charge in [-0.25, -0.2) is 12.8 Å². The van der Waals surface area contributed by atoms with Crippen molar-refractivity contribution in [1.82, 2.24) is 0 Å². The first-order valence-electron chi connectivity index (χ1n) is 5.06. The first-order chi connectivity index (χ1) is 8.59. The molecule has 9 heteroatoms. The van der Waals surface area contributed by atoms with E-state index >= 15 is 0 Å². The quantitative estimate of drug-likeness (QED) is 0.320. The van der Waals surface area contributed by atoms with E-state index in [1.54, 1.807) is 0 Å². The highest BCUT2D eigenvalue weighted by molar-refractivity contribution is 14.1. The maximum absolute atomic E-state index is 12.9. The van der Waals surface area contributed by atoms with Gasteiger partial charge in [-0.15, -0.1) is 12.4 Å². The van der Waals surface area contributed by atoms with Crippen LogP contribution in [0, 0.1) is 0 Å². The molecule has 20 heavy (non-hydrogen) atoms. The number of alkyl halides is 2. The molecule has 0 fully saturated rings. The highest BCUT2D eigenvalue weighted by atomic mass is 127. The lowest BCUT2D eigenvalue weighted by Crippen LogP contribution is -2.22. The lowest BCUT2D eigenvalue weighted by atomic mass is 10.3. The molecule has 0 aliphatic heterocycles. The number of sulfone groups is 1. The van der Waals surface area contributed by atoms with E-state index in [0.29, 0.717) is 5.75 Å². The number of ether oxygens (including phenoxy) is 1. The van der Waals surface area contributed by atoms with Crippen LogP contribution in [0.2, 0.25) is 5.02 Å². The van der Waals surface area contributed by atoms with Gasteiger partial charge in [0.15, 0.2) is 9.84 Å². The van der Waals surface area contributed by atoms with Crippen molar-refractivity contribution in [2.24, 2.45) is 5.73 Å². The van der Waals surface area contributed by atoms with Crippen molar-refractivity contribution in [3.05, 3.63) is 35.4 Å². The number of benzene rings is 1. The first kappa shape index (κ1) is 19.9. The van der Waals surface area contributed by atoms with E-state index in [-0.39, 0.29) is 28.9 Å².